The van der Waals surface area contributed by atoms with Crippen LogP contribution in [0.2, 0.25) is 0 Å². The maximum atomic E-state index is 13.3. The van der Waals surface area contributed by atoms with Crippen LogP contribution in [0.5, 0.6) is 0 Å². The van der Waals surface area contributed by atoms with Gasteiger partial charge >= 0.3 is 0 Å². The molecule has 190 valence electrons. The zero-order valence-corrected chi connectivity index (χ0v) is 22.3. The Hall–Kier alpha value is -2.23. The molecule has 1 atom stereocenters. The van der Waals surface area contributed by atoms with E-state index in [1.165, 1.54) is 36.7 Å². The van der Waals surface area contributed by atoms with Gasteiger partial charge in [0, 0.05) is 11.4 Å². The lowest BCUT2D eigenvalue weighted by Crippen LogP contribution is -2.30. The summed E-state index contributed by atoms with van der Waals surface area (Å²) in [5.41, 5.74) is 2.94. The SMILES string of the molecule is CCCCCCCCS(=O)(=O)NC(C)c1nnc(SCc2ccc(F)cc2)n1-c1ccc(C)cc1. The third-order valence-electron chi connectivity index (χ3n) is 5.74. The van der Waals surface area contributed by atoms with Gasteiger partial charge < -0.3 is 0 Å². The molecule has 6 nitrogen and oxygen atoms in total. The van der Waals surface area contributed by atoms with E-state index in [0.717, 1.165) is 36.1 Å². The molecular weight excluding hydrogens is 483 g/mol. The van der Waals surface area contributed by atoms with Gasteiger partial charge in [-0.05, 0) is 50.1 Å². The van der Waals surface area contributed by atoms with E-state index in [1.807, 2.05) is 35.8 Å². The van der Waals surface area contributed by atoms with Crippen LogP contribution >= 0.6 is 11.8 Å². The van der Waals surface area contributed by atoms with E-state index in [4.69, 9.17) is 0 Å². The molecule has 0 aliphatic heterocycles. The van der Waals surface area contributed by atoms with Crippen molar-refractivity contribution in [2.24, 2.45) is 0 Å². The second-order valence-corrected chi connectivity index (χ2v) is 11.7. The number of benzene rings is 2. The molecule has 0 aliphatic rings. The number of unbranched alkanes of at least 4 members (excludes halogenated alkanes) is 5. The minimum absolute atomic E-state index is 0.105. The van der Waals surface area contributed by atoms with E-state index in [1.54, 1.807) is 19.1 Å². The zero-order chi connectivity index (χ0) is 25.3. The lowest BCUT2D eigenvalue weighted by Gasteiger charge is -2.17. The Labute approximate surface area is 212 Å². The van der Waals surface area contributed by atoms with Gasteiger partial charge in [-0.3, -0.25) is 4.57 Å². The zero-order valence-electron chi connectivity index (χ0n) is 20.7. The Morgan fingerprint density at radius 3 is 2.31 bits per heavy atom. The molecule has 35 heavy (non-hydrogen) atoms. The number of nitrogens with zero attached hydrogens (tertiary/aromatic N) is 3. The number of sulfonamides is 1. The molecule has 9 heteroatoms. The molecule has 0 saturated heterocycles. The van der Waals surface area contributed by atoms with Crippen LogP contribution in [0.25, 0.3) is 5.69 Å². The van der Waals surface area contributed by atoms with Crippen LogP contribution in [0.15, 0.2) is 53.7 Å². The lowest BCUT2D eigenvalue weighted by molar-refractivity contribution is 0.549. The second-order valence-electron chi connectivity index (χ2n) is 8.85. The number of thioether (sulfide) groups is 1. The molecule has 1 aromatic heterocycles. The van der Waals surface area contributed by atoms with Gasteiger partial charge in [0.25, 0.3) is 0 Å². The highest BCUT2D eigenvalue weighted by molar-refractivity contribution is 7.98. The molecule has 0 spiro atoms. The van der Waals surface area contributed by atoms with Gasteiger partial charge in [0.2, 0.25) is 10.0 Å². The molecule has 0 bridgehead atoms. The van der Waals surface area contributed by atoms with E-state index in [2.05, 4.69) is 21.8 Å². The van der Waals surface area contributed by atoms with Crippen molar-refractivity contribution < 1.29 is 12.8 Å². The molecule has 3 rings (SSSR count). The van der Waals surface area contributed by atoms with Crippen molar-refractivity contribution in [1.82, 2.24) is 19.5 Å². The predicted molar refractivity (Wildman–Crippen MR) is 141 cm³/mol. The summed E-state index contributed by atoms with van der Waals surface area (Å²) in [5, 5.41) is 9.38. The van der Waals surface area contributed by atoms with E-state index in [-0.39, 0.29) is 11.6 Å². The smallest absolute Gasteiger partial charge is 0.212 e. The topological polar surface area (TPSA) is 76.9 Å². The van der Waals surface area contributed by atoms with Crippen LogP contribution in [0.3, 0.4) is 0 Å². The number of nitrogens with one attached hydrogen (secondary N) is 1. The van der Waals surface area contributed by atoms with E-state index in [9.17, 15) is 12.8 Å². The Kier molecular flexibility index (Phi) is 10.3. The van der Waals surface area contributed by atoms with Crippen molar-refractivity contribution in [3.8, 4) is 5.69 Å². The first-order valence-electron chi connectivity index (χ1n) is 12.2. The summed E-state index contributed by atoms with van der Waals surface area (Å²) in [7, 11) is -3.45. The Bertz CT molecular complexity index is 1160. The van der Waals surface area contributed by atoms with Crippen molar-refractivity contribution in [2.45, 2.75) is 76.2 Å². The molecule has 1 heterocycles. The first-order chi connectivity index (χ1) is 16.8. The minimum Gasteiger partial charge on any atom is -0.273 e. The molecule has 1 unspecified atom stereocenters. The fourth-order valence-electron chi connectivity index (χ4n) is 3.77. The van der Waals surface area contributed by atoms with Gasteiger partial charge in [-0.15, -0.1) is 10.2 Å². The average Bonchev–Trinajstić information content (AvgIpc) is 3.25. The van der Waals surface area contributed by atoms with Gasteiger partial charge in [0.1, 0.15) is 5.82 Å². The largest absolute Gasteiger partial charge is 0.273 e. The van der Waals surface area contributed by atoms with Crippen LogP contribution < -0.4 is 4.72 Å². The van der Waals surface area contributed by atoms with Crippen LogP contribution in [-0.2, 0) is 15.8 Å². The summed E-state index contributed by atoms with van der Waals surface area (Å²) in [4.78, 5) is 0. The maximum absolute atomic E-state index is 13.3. The molecule has 0 amide bonds. The van der Waals surface area contributed by atoms with Crippen molar-refractivity contribution in [3.05, 3.63) is 71.3 Å². The summed E-state index contributed by atoms with van der Waals surface area (Å²) in [6.07, 6.45) is 6.14. The fraction of sp³-hybridized carbons (Fsp3) is 0.462. The molecule has 0 radical (unpaired) electrons. The predicted octanol–water partition coefficient (Wildman–Crippen LogP) is 6.35. The van der Waals surface area contributed by atoms with Gasteiger partial charge in [-0.1, -0.05) is 80.6 Å². The first kappa shape index (κ1) is 27.4. The summed E-state index contributed by atoms with van der Waals surface area (Å²) in [6, 6.07) is 13.8. The number of rotatable bonds is 14. The van der Waals surface area contributed by atoms with E-state index < -0.39 is 16.1 Å². The van der Waals surface area contributed by atoms with Crippen molar-refractivity contribution in [2.75, 3.05) is 5.75 Å². The van der Waals surface area contributed by atoms with Crippen LogP contribution in [0.4, 0.5) is 4.39 Å². The van der Waals surface area contributed by atoms with Crippen LogP contribution in [0, 0.1) is 12.7 Å². The van der Waals surface area contributed by atoms with Gasteiger partial charge in [0.15, 0.2) is 11.0 Å². The quantitative estimate of drug-likeness (QED) is 0.199. The Morgan fingerprint density at radius 2 is 1.63 bits per heavy atom. The van der Waals surface area contributed by atoms with Crippen molar-refractivity contribution in [3.63, 3.8) is 0 Å². The highest BCUT2D eigenvalue weighted by Gasteiger charge is 2.23. The van der Waals surface area contributed by atoms with Gasteiger partial charge in [0.05, 0.1) is 11.8 Å². The fourth-order valence-corrected chi connectivity index (χ4v) is 6.03. The summed E-state index contributed by atoms with van der Waals surface area (Å²) < 4.78 is 43.4. The standard InChI is InChI=1S/C26H35FN4O2S2/c1-4-5-6-7-8-9-18-35(32,33)30-21(3)25-28-29-26(31(25)24-16-10-20(2)11-17-24)34-19-22-12-14-23(27)15-13-22/h10-17,21,30H,4-9,18-19H2,1-3H3. The molecule has 0 saturated carbocycles. The number of aromatic nitrogens is 3. The summed E-state index contributed by atoms with van der Waals surface area (Å²) in [5.74, 6) is 0.949. The van der Waals surface area contributed by atoms with Crippen LogP contribution in [-0.4, -0.2) is 28.9 Å². The second kappa shape index (κ2) is 13.2. The van der Waals surface area contributed by atoms with Crippen LogP contribution in [0.1, 0.15) is 75.4 Å². The van der Waals surface area contributed by atoms with Gasteiger partial charge in [-0.2, -0.15) is 0 Å². The summed E-state index contributed by atoms with van der Waals surface area (Å²) >= 11 is 1.47. The lowest BCUT2D eigenvalue weighted by atomic mass is 10.1. The highest BCUT2D eigenvalue weighted by Crippen LogP contribution is 2.28. The normalized spacial score (nSPS) is 12.7. The molecule has 3 aromatic rings. The van der Waals surface area contributed by atoms with Crippen molar-refractivity contribution in [1.29, 1.82) is 0 Å². The molecule has 1 N–H and O–H groups in total. The molecule has 0 aliphatic carbocycles. The number of hydrogen-bond acceptors (Lipinski definition) is 5. The molecule has 0 fully saturated rings. The number of hydrogen-bond donors (Lipinski definition) is 1. The van der Waals surface area contributed by atoms with Crippen molar-refractivity contribution >= 4 is 21.8 Å². The maximum Gasteiger partial charge on any atom is 0.212 e. The Morgan fingerprint density at radius 1 is 0.971 bits per heavy atom. The molecule has 2 aromatic carbocycles. The van der Waals surface area contributed by atoms with E-state index in [0.29, 0.717) is 23.2 Å². The third kappa shape index (κ3) is 8.44. The van der Waals surface area contributed by atoms with E-state index >= 15 is 0 Å². The third-order valence-corrected chi connectivity index (χ3v) is 8.28. The minimum atomic E-state index is -3.45. The Balaban J connectivity index is 1.75. The van der Waals surface area contributed by atoms with Gasteiger partial charge in [-0.25, -0.2) is 17.5 Å². The monoisotopic (exact) mass is 518 g/mol. The number of aryl methyl sites for hydroxylation is 1. The first-order valence-corrected chi connectivity index (χ1v) is 14.8. The number of halogens is 1. The molecular formula is C26H35FN4O2S2. The highest BCUT2D eigenvalue weighted by atomic mass is 32.2. The summed E-state index contributed by atoms with van der Waals surface area (Å²) in [6.45, 7) is 5.97. The average molecular weight is 519 g/mol.